The molecular formula is C15H23N3O3. The van der Waals surface area contributed by atoms with E-state index in [2.05, 4.69) is 22.4 Å². The Labute approximate surface area is 124 Å². The fourth-order valence-corrected chi connectivity index (χ4v) is 2.41. The van der Waals surface area contributed by atoms with Gasteiger partial charge in [0.2, 0.25) is 11.8 Å². The van der Waals surface area contributed by atoms with Crippen LogP contribution in [0.25, 0.3) is 0 Å². The number of nitrogens with one attached hydrogen (secondary N) is 1. The van der Waals surface area contributed by atoms with Crippen LogP contribution in [0.1, 0.15) is 44.3 Å². The lowest BCUT2D eigenvalue weighted by molar-refractivity contribution is -0.121. The first kappa shape index (κ1) is 15.7. The highest BCUT2D eigenvalue weighted by atomic mass is 16.5. The molecule has 0 radical (unpaired) electrons. The third-order valence-electron chi connectivity index (χ3n) is 3.53. The summed E-state index contributed by atoms with van der Waals surface area (Å²) in [5.41, 5.74) is 0. The fraction of sp³-hybridized carbons (Fsp3) is 0.667. The number of amides is 1. The van der Waals surface area contributed by atoms with Gasteiger partial charge < -0.3 is 14.9 Å². The standard InChI is InChI=1S/C15H23N3O3/c1-2-4-13-17-15(21-18-13)6-3-5-14(20)16-12-8-7-11(9-12)10-19/h7-8,11-12,19H,2-6,9-10H2,1H3,(H,16,20)/t11-,12+/m0/s1. The number of hydrogen-bond acceptors (Lipinski definition) is 5. The molecule has 2 atom stereocenters. The van der Waals surface area contributed by atoms with E-state index in [1.54, 1.807) is 0 Å². The van der Waals surface area contributed by atoms with Gasteiger partial charge in [-0.3, -0.25) is 4.79 Å². The molecule has 116 valence electrons. The van der Waals surface area contributed by atoms with Gasteiger partial charge in [-0.1, -0.05) is 24.2 Å². The molecule has 0 aromatic carbocycles. The third kappa shape index (κ3) is 4.97. The van der Waals surface area contributed by atoms with E-state index in [1.165, 1.54) is 0 Å². The van der Waals surface area contributed by atoms with Crippen LogP contribution < -0.4 is 5.32 Å². The van der Waals surface area contributed by atoms with Gasteiger partial charge in [-0.05, 0) is 19.3 Å². The van der Waals surface area contributed by atoms with E-state index in [9.17, 15) is 4.79 Å². The van der Waals surface area contributed by atoms with Gasteiger partial charge in [0, 0.05) is 37.8 Å². The second-order valence-corrected chi connectivity index (χ2v) is 5.45. The van der Waals surface area contributed by atoms with Gasteiger partial charge in [-0.25, -0.2) is 0 Å². The summed E-state index contributed by atoms with van der Waals surface area (Å²) in [4.78, 5) is 16.1. The van der Waals surface area contributed by atoms with Gasteiger partial charge in [0.25, 0.3) is 0 Å². The Morgan fingerprint density at radius 3 is 3.05 bits per heavy atom. The Bertz CT molecular complexity index is 484. The van der Waals surface area contributed by atoms with Gasteiger partial charge in [0.15, 0.2) is 5.82 Å². The minimum atomic E-state index is 0.0246. The molecule has 1 aromatic rings. The van der Waals surface area contributed by atoms with Gasteiger partial charge in [0.1, 0.15) is 0 Å². The molecule has 0 bridgehead atoms. The maximum Gasteiger partial charge on any atom is 0.226 e. The van der Waals surface area contributed by atoms with Gasteiger partial charge in [0.05, 0.1) is 0 Å². The summed E-state index contributed by atoms with van der Waals surface area (Å²) in [7, 11) is 0. The summed E-state index contributed by atoms with van der Waals surface area (Å²) < 4.78 is 5.13. The van der Waals surface area contributed by atoms with Crippen molar-refractivity contribution in [2.75, 3.05) is 6.61 Å². The number of carbonyl (C=O) groups is 1. The summed E-state index contributed by atoms with van der Waals surface area (Å²) in [5, 5.41) is 15.9. The lowest BCUT2D eigenvalue weighted by Crippen LogP contribution is -2.32. The summed E-state index contributed by atoms with van der Waals surface area (Å²) >= 11 is 0. The van der Waals surface area contributed by atoms with Crippen LogP contribution in [-0.2, 0) is 17.6 Å². The molecule has 2 rings (SSSR count). The number of aliphatic hydroxyl groups is 1. The van der Waals surface area contributed by atoms with Gasteiger partial charge in [-0.2, -0.15) is 4.98 Å². The Kier molecular flexibility index (Phi) is 5.92. The van der Waals surface area contributed by atoms with Crippen molar-refractivity contribution in [1.29, 1.82) is 0 Å². The van der Waals surface area contributed by atoms with E-state index in [0.29, 0.717) is 25.2 Å². The summed E-state index contributed by atoms with van der Waals surface area (Å²) in [5.74, 6) is 1.54. The quantitative estimate of drug-likeness (QED) is 0.707. The van der Waals surface area contributed by atoms with Crippen LogP contribution in [0.15, 0.2) is 16.7 Å². The molecule has 0 saturated heterocycles. The van der Waals surface area contributed by atoms with E-state index in [0.717, 1.165) is 25.1 Å². The lowest BCUT2D eigenvalue weighted by atomic mass is 10.1. The highest BCUT2D eigenvalue weighted by molar-refractivity contribution is 5.76. The smallest absolute Gasteiger partial charge is 0.226 e. The van der Waals surface area contributed by atoms with Crippen LogP contribution in [0.5, 0.6) is 0 Å². The summed E-state index contributed by atoms with van der Waals surface area (Å²) in [6.45, 7) is 2.21. The summed E-state index contributed by atoms with van der Waals surface area (Å²) in [6.07, 6.45) is 8.27. The number of hydrogen-bond donors (Lipinski definition) is 2. The van der Waals surface area contributed by atoms with Crippen molar-refractivity contribution in [2.24, 2.45) is 5.92 Å². The Morgan fingerprint density at radius 2 is 2.33 bits per heavy atom. The number of rotatable bonds is 8. The van der Waals surface area contributed by atoms with Crippen LogP contribution in [0.2, 0.25) is 0 Å². The minimum absolute atomic E-state index is 0.0246. The zero-order chi connectivity index (χ0) is 15.1. The largest absolute Gasteiger partial charge is 0.396 e. The maximum absolute atomic E-state index is 11.8. The highest BCUT2D eigenvalue weighted by Crippen LogP contribution is 2.17. The molecule has 1 aliphatic rings. The molecule has 0 unspecified atom stereocenters. The second kappa shape index (κ2) is 7.93. The Morgan fingerprint density at radius 1 is 1.48 bits per heavy atom. The molecule has 6 heteroatoms. The second-order valence-electron chi connectivity index (χ2n) is 5.45. The molecule has 0 saturated carbocycles. The average Bonchev–Trinajstić information content (AvgIpc) is 3.09. The fourth-order valence-electron chi connectivity index (χ4n) is 2.41. The van der Waals surface area contributed by atoms with E-state index in [4.69, 9.17) is 9.63 Å². The van der Waals surface area contributed by atoms with Crippen molar-refractivity contribution in [2.45, 2.75) is 51.5 Å². The average molecular weight is 293 g/mol. The Balaban J connectivity index is 1.64. The van der Waals surface area contributed by atoms with Crippen LogP contribution in [0.3, 0.4) is 0 Å². The van der Waals surface area contributed by atoms with Crippen LogP contribution in [0, 0.1) is 5.92 Å². The lowest BCUT2D eigenvalue weighted by Gasteiger charge is -2.12. The number of aryl methyl sites for hydroxylation is 2. The van der Waals surface area contributed by atoms with E-state index in [-0.39, 0.29) is 24.5 Å². The molecule has 1 heterocycles. The normalized spacial score (nSPS) is 20.9. The molecule has 1 aromatic heterocycles. The van der Waals surface area contributed by atoms with E-state index >= 15 is 0 Å². The first-order valence-corrected chi connectivity index (χ1v) is 7.61. The number of aromatic nitrogens is 2. The van der Waals surface area contributed by atoms with Crippen LogP contribution in [0.4, 0.5) is 0 Å². The van der Waals surface area contributed by atoms with Crippen molar-refractivity contribution in [3.05, 3.63) is 23.9 Å². The zero-order valence-corrected chi connectivity index (χ0v) is 12.4. The molecular weight excluding hydrogens is 270 g/mol. The van der Waals surface area contributed by atoms with Crippen molar-refractivity contribution in [3.8, 4) is 0 Å². The first-order chi connectivity index (χ1) is 10.2. The van der Waals surface area contributed by atoms with Crippen molar-refractivity contribution in [1.82, 2.24) is 15.5 Å². The summed E-state index contributed by atoms with van der Waals surface area (Å²) in [6, 6.07) is 0.0502. The van der Waals surface area contributed by atoms with Gasteiger partial charge >= 0.3 is 0 Å². The Hall–Kier alpha value is -1.69. The number of carbonyl (C=O) groups excluding carboxylic acids is 1. The number of aliphatic hydroxyl groups excluding tert-OH is 1. The van der Waals surface area contributed by atoms with Crippen molar-refractivity contribution in [3.63, 3.8) is 0 Å². The van der Waals surface area contributed by atoms with Crippen LogP contribution >= 0.6 is 0 Å². The molecule has 1 aliphatic carbocycles. The zero-order valence-electron chi connectivity index (χ0n) is 12.4. The number of nitrogens with zero attached hydrogens (tertiary/aromatic N) is 2. The molecule has 0 fully saturated rings. The van der Waals surface area contributed by atoms with E-state index < -0.39 is 0 Å². The van der Waals surface area contributed by atoms with Crippen molar-refractivity contribution < 1.29 is 14.4 Å². The maximum atomic E-state index is 11.8. The predicted molar refractivity (Wildman–Crippen MR) is 77.5 cm³/mol. The first-order valence-electron chi connectivity index (χ1n) is 7.61. The van der Waals surface area contributed by atoms with Crippen LogP contribution in [-0.4, -0.2) is 33.8 Å². The van der Waals surface area contributed by atoms with Gasteiger partial charge in [-0.15, -0.1) is 0 Å². The molecule has 0 aliphatic heterocycles. The molecule has 0 spiro atoms. The molecule has 2 N–H and O–H groups in total. The molecule has 1 amide bonds. The molecule has 6 nitrogen and oxygen atoms in total. The topological polar surface area (TPSA) is 88.2 Å². The van der Waals surface area contributed by atoms with Crippen molar-refractivity contribution >= 4 is 5.91 Å². The highest BCUT2D eigenvalue weighted by Gasteiger charge is 2.19. The molecule has 21 heavy (non-hydrogen) atoms. The third-order valence-corrected chi connectivity index (χ3v) is 3.53. The predicted octanol–water partition coefficient (Wildman–Crippen LogP) is 1.40. The monoisotopic (exact) mass is 293 g/mol. The SMILES string of the molecule is CCCc1noc(CCCC(=O)N[C@@H]2C=C[C@H](CO)C2)n1. The minimum Gasteiger partial charge on any atom is -0.396 e. The van der Waals surface area contributed by atoms with E-state index in [1.807, 2.05) is 12.2 Å².